The van der Waals surface area contributed by atoms with Crippen molar-refractivity contribution in [3.63, 3.8) is 0 Å². The van der Waals surface area contributed by atoms with Gasteiger partial charge >= 0.3 is 0 Å². The molecule has 7 heteroatoms. The molecular formula is C14H16BrN3O2S. The fourth-order valence-corrected chi connectivity index (χ4v) is 5.21. The van der Waals surface area contributed by atoms with Gasteiger partial charge in [-0.1, -0.05) is 13.8 Å². The van der Waals surface area contributed by atoms with Crippen LogP contribution < -0.4 is 5.56 Å². The van der Waals surface area contributed by atoms with E-state index in [4.69, 9.17) is 0 Å². The number of fused-ring (bicyclic) bond motifs is 3. The lowest BCUT2D eigenvalue weighted by atomic mass is 10.1. The van der Waals surface area contributed by atoms with Crippen molar-refractivity contribution in [2.24, 2.45) is 0 Å². The van der Waals surface area contributed by atoms with Crippen LogP contribution in [0.2, 0.25) is 0 Å². The largest absolute Gasteiger partial charge is 0.287 e. The highest BCUT2D eigenvalue weighted by atomic mass is 79.9. The van der Waals surface area contributed by atoms with Crippen LogP contribution >= 0.6 is 15.9 Å². The molecule has 21 heavy (non-hydrogen) atoms. The minimum Gasteiger partial charge on any atom is -0.287 e. The van der Waals surface area contributed by atoms with Crippen LogP contribution in [0, 0.1) is 6.92 Å². The molecule has 0 radical (unpaired) electrons. The van der Waals surface area contributed by atoms with E-state index in [1.807, 2.05) is 6.92 Å². The second-order valence-electron chi connectivity index (χ2n) is 5.34. The molecule has 1 fully saturated rings. The molecule has 1 saturated carbocycles. The van der Waals surface area contributed by atoms with Crippen LogP contribution in [0.15, 0.2) is 20.6 Å². The highest BCUT2D eigenvalue weighted by Gasteiger charge is 2.39. The summed E-state index contributed by atoms with van der Waals surface area (Å²) in [6.45, 7) is 1.88. The van der Waals surface area contributed by atoms with Crippen molar-refractivity contribution < 1.29 is 4.21 Å². The monoisotopic (exact) mass is 369 g/mol. The summed E-state index contributed by atoms with van der Waals surface area (Å²) in [4.78, 5) is 21.3. The molecule has 0 amide bonds. The first-order valence-corrected chi connectivity index (χ1v) is 8.58. The number of hydrogen-bond acceptors (Lipinski definition) is 4. The molecule has 0 N–H and O–H groups in total. The molecule has 112 valence electrons. The van der Waals surface area contributed by atoms with E-state index in [0.717, 1.165) is 30.2 Å². The van der Waals surface area contributed by atoms with Gasteiger partial charge in [-0.3, -0.25) is 13.6 Å². The second kappa shape index (κ2) is 4.98. The Labute approximate surface area is 133 Å². The first-order valence-electron chi connectivity index (χ1n) is 6.57. The van der Waals surface area contributed by atoms with Crippen molar-refractivity contribution in [2.75, 3.05) is 0 Å². The summed E-state index contributed by atoms with van der Waals surface area (Å²) in [6.07, 6.45) is 4.41. The predicted octanol–water partition coefficient (Wildman–Crippen LogP) is 2.71. The van der Waals surface area contributed by atoms with E-state index in [1.54, 1.807) is 10.8 Å². The Balaban J connectivity index is 0.00000132. The summed E-state index contributed by atoms with van der Waals surface area (Å²) in [5.74, 6) is 0. The molecule has 0 aromatic carbocycles. The molecule has 2 aromatic heterocycles. The molecule has 2 aliphatic rings. The van der Waals surface area contributed by atoms with E-state index in [9.17, 15) is 9.00 Å². The third-order valence-corrected chi connectivity index (χ3v) is 6.91. The SMILES string of the molecule is C.Cc1c(Br)c(=O)n2c3nc(ncc13)S(=O)C1CCCC12. The minimum atomic E-state index is -1.23. The maximum absolute atomic E-state index is 12.6. The number of nitrogens with zero attached hydrogens (tertiary/aromatic N) is 3. The maximum Gasteiger partial charge on any atom is 0.267 e. The molecule has 5 nitrogen and oxygen atoms in total. The Morgan fingerprint density at radius 2 is 2.19 bits per heavy atom. The zero-order chi connectivity index (χ0) is 14.0. The molecule has 4 rings (SSSR count). The average molecular weight is 370 g/mol. The van der Waals surface area contributed by atoms with Gasteiger partial charge in [-0.15, -0.1) is 0 Å². The van der Waals surface area contributed by atoms with Crippen molar-refractivity contribution in [2.45, 2.75) is 50.1 Å². The molecule has 3 atom stereocenters. The van der Waals surface area contributed by atoms with Crippen molar-refractivity contribution in [1.82, 2.24) is 14.5 Å². The second-order valence-corrected chi connectivity index (χ2v) is 7.70. The zero-order valence-electron chi connectivity index (χ0n) is 10.8. The first-order chi connectivity index (χ1) is 9.59. The van der Waals surface area contributed by atoms with Gasteiger partial charge in [0.2, 0.25) is 5.16 Å². The van der Waals surface area contributed by atoms with Gasteiger partial charge in [0.15, 0.2) is 0 Å². The average Bonchev–Trinajstić information content (AvgIpc) is 2.90. The first kappa shape index (κ1) is 14.8. The molecule has 2 bridgehead atoms. The van der Waals surface area contributed by atoms with Crippen molar-refractivity contribution in [3.8, 4) is 0 Å². The third kappa shape index (κ3) is 1.86. The van der Waals surface area contributed by atoms with E-state index in [1.165, 1.54) is 0 Å². The van der Waals surface area contributed by atoms with Gasteiger partial charge in [-0.05, 0) is 41.3 Å². The van der Waals surface area contributed by atoms with Crippen LogP contribution in [0.1, 0.15) is 38.3 Å². The summed E-state index contributed by atoms with van der Waals surface area (Å²) in [6, 6.07) is -0.0306. The fourth-order valence-electron chi connectivity index (χ4n) is 3.28. The van der Waals surface area contributed by atoms with Gasteiger partial charge in [0.25, 0.3) is 5.56 Å². The van der Waals surface area contributed by atoms with Gasteiger partial charge in [0.1, 0.15) is 5.65 Å². The summed E-state index contributed by atoms with van der Waals surface area (Å²) >= 11 is 3.39. The normalized spacial score (nSPS) is 26.5. The Morgan fingerprint density at radius 3 is 2.95 bits per heavy atom. The highest BCUT2D eigenvalue weighted by Crippen LogP contribution is 2.38. The van der Waals surface area contributed by atoms with E-state index in [0.29, 0.717) is 15.3 Å². The number of rotatable bonds is 0. The number of aryl methyl sites for hydroxylation is 1. The van der Waals surface area contributed by atoms with Crippen molar-refractivity contribution in [3.05, 3.63) is 26.6 Å². The summed E-state index contributed by atoms with van der Waals surface area (Å²) in [7, 11) is -1.23. The molecule has 3 unspecified atom stereocenters. The van der Waals surface area contributed by atoms with Crippen LogP contribution in [-0.4, -0.2) is 24.0 Å². The molecule has 2 aromatic rings. The lowest BCUT2D eigenvalue weighted by Gasteiger charge is -2.19. The van der Waals surface area contributed by atoms with Crippen LogP contribution in [0.5, 0.6) is 0 Å². The molecule has 1 aliphatic heterocycles. The summed E-state index contributed by atoms with van der Waals surface area (Å²) in [5, 5.41) is 1.16. The fraction of sp³-hybridized carbons (Fsp3) is 0.500. The highest BCUT2D eigenvalue weighted by molar-refractivity contribution is 9.10. The van der Waals surface area contributed by atoms with Crippen LogP contribution in [0.3, 0.4) is 0 Å². The van der Waals surface area contributed by atoms with Crippen LogP contribution in [-0.2, 0) is 10.8 Å². The van der Waals surface area contributed by atoms with Gasteiger partial charge in [0, 0.05) is 11.6 Å². The van der Waals surface area contributed by atoms with Gasteiger partial charge in [-0.2, -0.15) is 0 Å². The molecule has 0 spiro atoms. The minimum absolute atomic E-state index is 0. The van der Waals surface area contributed by atoms with E-state index < -0.39 is 10.8 Å². The van der Waals surface area contributed by atoms with E-state index in [-0.39, 0.29) is 24.3 Å². The van der Waals surface area contributed by atoms with Crippen LogP contribution in [0.25, 0.3) is 11.0 Å². The Morgan fingerprint density at radius 1 is 1.43 bits per heavy atom. The quantitative estimate of drug-likeness (QED) is 0.669. The van der Waals surface area contributed by atoms with Crippen LogP contribution in [0.4, 0.5) is 0 Å². The predicted molar refractivity (Wildman–Crippen MR) is 86.1 cm³/mol. The van der Waals surface area contributed by atoms with Gasteiger partial charge in [-0.25, -0.2) is 9.97 Å². The maximum atomic E-state index is 12.6. The third-order valence-electron chi connectivity index (χ3n) is 4.32. The van der Waals surface area contributed by atoms with E-state index >= 15 is 0 Å². The van der Waals surface area contributed by atoms with E-state index in [2.05, 4.69) is 25.9 Å². The smallest absolute Gasteiger partial charge is 0.267 e. The Kier molecular flexibility index (Phi) is 3.52. The molecular weight excluding hydrogens is 354 g/mol. The Bertz CT molecular complexity index is 833. The van der Waals surface area contributed by atoms with Crippen molar-refractivity contribution in [1.29, 1.82) is 0 Å². The van der Waals surface area contributed by atoms with Gasteiger partial charge < -0.3 is 0 Å². The lowest BCUT2D eigenvalue weighted by molar-refractivity contribution is 0.518. The molecule has 3 heterocycles. The number of pyridine rings is 1. The summed E-state index contributed by atoms with van der Waals surface area (Å²) < 4.78 is 14.9. The number of aromatic nitrogens is 3. The summed E-state index contributed by atoms with van der Waals surface area (Å²) in [5.41, 5.74) is 1.40. The Hall–Kier alpha value is -1.08. The standard InChI is InChI=1S/C13H12BrN3O2S.CH4/c1-6-7-5-15-13-16-11(7)17(12(18)10(6)14)8-3-2-4-9(8)20(13)19;/h5,8-9H,2-4H2,1H3;1H4. The number of halogens is 1. The molecule has 1 aliphatic carbocycles. The van der Waals surface area contributed by atoms with Crippen molar-refractivity contribution >= 4 is 37.8 Å². The zero-order valence-corrected chi connectivity index (χ0v) is 13.2. The van der Waals surface area contributed by atoms with Gasteiger partial charge in [0.05, 0.1) is 26.6 Å². The topological polar surface area (TPSA) is 64.8 Å². The number of hydrogen-bond donors (Lipinski definition) is 0. The molecule has 0 saturated heterocycles. The lowest BCUT2D eigenvalue weighted by Crippen LogP contribution is -2.31.